The summed E-state index contributed by atoms with van der Waals surface area (Å²) >= 11 is 2.14. The molecular weight excluding hydrogens is 385 g/mol. The number of aromatic hydroxyl groups is 3. The molecule has 4 N–H and O–H groups in total. The normalized spacial score (nSPS) is 15.1. The Kier molecular flexibility index (Phi) is 3.25. The molecule has 1 heterocycles. The lowest BCUT2D eigenvalue weighted by Gasteiger charge is -2.05. The van der Waals surface area contributed by atoms with Gasteiger partial charge in [0.05, 0.1) is 5.56 Å². The van der Waals surface area contributed by atoms with E-state index in [0.29, 0.717) is 16.8 Å². The van der Waals surface area contributed by atoms with Crippen molar-refractivity contribution in [2.45, 2.75) is 0 Å². The predicted octanol–water partition coefficient (Wildman–Crippen LogP) is 2.90. The Hall–Kier alpha value is -2.22. The molecule has 1 aliphatic rings. The van der Waals surface area contributed by atoms with Gasteiger partial charge in [0.15, 0.2) is 0 Å². The zero-order valence-electron chi connectivity index (χ0n) is 10.6. The second-order valence-corrected chi connectivity index (χ2v) is 5.85. The van der Waals surface area contributed by atoms with Gasteiger partial charge in [-0.3, -0.25) is 4.79 Å². The average Bonchev–Trinajstić information content (AvgIpc) is 2.69. The SMILES string of the molecule is O=C1Nc2ccc(I)cc2C1=Cc1c(O)cc(O)cc1O. The van der Waals surface area contributed by atoms with Crippen LogP contribution in [0.25, 0.3) is 11.6 Å². The lowest BCUT2D eigenvalue weighted by molar-refractivity contribution is -0.110. The van der Waals surface area contributed by atoms with Crippen LogP contribution in [0, 0.1) is 3.57 Å². The van der Waals surface area contributed by atoms with E-state index in [-0.39, 0.29) is 28.7 Å². The highest BCUT2D eigenvalue weighted by molar-refractivity contribution is 14.1. The van der Waals surface area contributed by atoms with Crippen LogP contribution in [0.2, 0.25) is 0 Å². The summed E-state index contributed by atoms with van der Waals surface area (Å²) in [5.41, 5.74) is 1.83. The molecule has 1 amide bonds. The van der Waals surface area contributed by atoms with Gasteiger partial charge < -0.3 is 20.6 Å². The summed E-state index contributed by atoms with van der Waals surface area (Å²) in [6.45, 7) is 0. The van der Waals surface area contributed by atoms with Gasteiger partial charge in [-0.2, -0.15) is 0 Å². The molecule has 0 saturated carbocycles. The van der Waals surface area contributed by atoms with Crippen LogP contribution in [0.1, 0.15) is 11.1 Å². The van der Waals surface area contributed by atoms with Crippen LogP contribution in [-0.4, -0.2) is 21.2 Å². The number of phenols is 3. The number of carbonyl (C=O) groups is 1. The summed E-state index contributed by atoms with van der Waals surface area (Å²) in [5, 5.41) is 31.7. The van der Waals surface area contributed by atoms with E-state index in [1.54, 1.807) is 6.07 Å². The van der Waals surface area contributed by atoms with Crippen molar-refractivity contribution in [2.75, 3.05) is 5.32 Å². The molecule has 0 aliphatic carbocycles. The van der Waals surface area contributed by atoms with Crippen molar-refractivity contribution in [3.63, 3.8) is 0 Å². The summed E-state index contributed by atoms with van der Waals surface area (Å²) in [6, 6.07) is 7.72. The van der Waals surface area contributed by atoms with Crippen LogP contribution in [0.5, 0.6) is 17.2 Å². The van der Waals surface area contributed by atoms with Gasteiger partial charge >= 0.3 is 0 Å². The molecule has 0 fully saturated rings. The van der Waals surface area contributed by atoms with Crippen molar-refractivity contribution < 1.29 is 20.1 Å². The number of amides is 1. The third kappa shape index (κ3) is 2.42. The molecule has 2 aromatic carbocycles. The summed E-state index contributed by atoms with van der Waals surface area (Å²) < 4.78 is 0.966. The number of benzene rings is 2. The Bertz CT molecular complexity index is 775. The van der Waals surface area contributed by atoms with Crippen molar-refractivity contribution in [3.05, 3.63) is 45.0 Å². The van der Waals surface area contributed by atoms with Crippen LogP contribution in [0.15, 0.2) is 30.3 Å². The Morgan fingerprint density at radius 2 is 1.71 bits per heavy atom. The van der Waals surface area contributed by atoms with Crippen molar-refractivity contribution in [3.8, 4) is 17.2 Å². The fourth-order valence-corrected chi connectivity index (χ4v) is 2.70. The largest absolute Gasteiger partial charge is 0.508 e. The zero-order valence-corrected chi connectivity index (χ0v) is 12.7. The van der Waals surface area contributed by atoms with Gasteiger partial charge in [-0.25, -0.2) is 0 Å². The number of anilines is 1. The minimum Gasteiger partial charge on any atom is -0.508 e. The van der Waals surface area contributed by atoms with Gasteiger partial charge in [-0.15, -0.1) is 0 Å². The molecular formula is C15H10INO4. The molecule has 2 aromatic rings. The molecule has 106 valence electrons. The highest BCUT2D eigenvalue weighted by Crippen LogP contribution is 2.39. The van der Waals surface area contributed by atoms with E-state index in [1.807, 2.05) is 12.1 Å². The minimum absolute atomic E-state index is 0.0876. The molecule has 1 aliphatic heterocycles. The van der Waals surface area contributed by atoms with Crippen molar-refractivity contribution in [1.82, 2.24) is 0 Å². The Morgan fingerprint density at radius 1 is 1.05 bits per heavy atom. The van der Waals surface area contributed by atoms with E-state index in [4.69, 9.17) is 0 Å². The molecule has 0 spiro atoms. The van der Waals surface area contributed by atoms with Crippen molar-refractivity contribution in [2.24, 2.45) is 0 Å². The number of phenolic OH excluding ortho intramolecular Hbond substituents is 3. The monoisotopic (exact) mass is 395 g/mol. The lowest BCUT2D eigenvalue weighted by atomic mass is 10.0. The van der Waals surface area contributed by atoms with Gasteiger partial charge in [0, 0.05) is 32.5 Å². The fraction of sp³-hybridized carbons (Fsp3) is 0. The van der Waals surface area contributed by atoms with Crippen LogP contribution in [0.4, 0.5) is 5.69 Å². The molecule has 0 unspecified atom stereocenters. The Morgan fingerprint density at radius 3 is 2.38 bits per heavy atom. The van der Waals surface area contributed by atoms with Crippen LogP contribution < -0.4 is 5.32 Å². The third-order valence-corrected chi connectivity index (χ3v) is 3.85. The molecule has 3 rings (SSSR count). The van der Waals surface area contributed by atoms with E-state index in [1.165, 1.54) is 6.08 Å². The molecule has 5 nitrogen and oxygen atoms in total. The molecule has 0 bridgehead atoms. The standard InChI is InChI=1S/C15H10INO4/c16-7-1-2-12-9(3-7)10(15(21)17-12)6-11-13(19)4-8(18)5-14(11)20/h1-6,18-20H,(H,17,21). The van der Waals surface area contributed by atoms with Crippen molar-refractivity contribution in [1.29, 1.82) is 0 Å². The first-order chi connectivity index (χ1) is 9.95. The smallest absolute Gasteiger partial charge is 0.256 e. The number of hydrogen-bond donors (Lipinski definition) is 4. The Labute approximate surface area is 133 Å². The number of rotatable bonds is 1. The Balaban J connectivity index is 2.18. The first kappa shape index (κ1) is 13.7. The van der Waals surface area contributed by atoms with E-state index in [2.05, 4.69) is 27.9 Å². The van der Waals surface area contributed by atoms with Gasteiger partial charge in [0.25, 0.3) is 5.91 Å². The van der Waals surface area contributed by atoms with Gasteiger partial charge in [0.1, 0.15) is 17.2 Å². The van der Waals surface area contributed by atoms with E-state index in [9.17, 15) is 20.1 Å². The fourth-order valence-electron chi connectivity index (χ4n) is 2.20. The minimum atomic E-state index is -0.307. The first-order valence-corrected chi connectivity index (χ1v) is 7.11. The van der Waals surface area contributed by atoms with Crippen LogP contribution in [-0.2, 0) is 4.79 Å². The summed E-state index contributed by atoms with van der Waals surface area (Å²) in [6.07, 6.45) is 1.40. The van der Waals surface area contributed by atoms with Gasteiger partial charge in [0.2, 0.25) is 0 Å². The summed E-state index contributed by atoms with van der Waals surface area (Å²) in [7, 11) is 0. The predicted molar refractivity (Wildman–Crippen MR) is 87.1 cm³/mol. The number of hydrogen-bond acceptors (Lipinski definition) is 4. The van der Waals surface area contributed by atoms with Gasteiger partial charge in [-0.05, 0) is 46.9 Å². The van der Waals surface area contributed by atoms with Crippen LogP contribution in [0.3, 0.4) is 0 Å². The maximum absolute atomic E-state index is 12.0. The highest BCUT2D eigenvalue weighted by Gasteiger charge is 2.25. The summed E-state index contributed by atoms with van der Waals surface area (Å²) in [5.74, 6) is -1.16. The molecule has 0 aromatic heterocycles. The maximum Gasteiger partial charge on any atom is 0.256 e. The molecule has 0 radical (unpaired) electrons. The molecule has 0 atom stereocenters. The zero-order chi connectivity index (χ0) is 15.1. The highest BCUT2D eigenvalue weighted by atomic mass is 127. The second kappa shape index (κ2) is 4.96. The van der Waals surface area contributed by atoms with Crippen LogP contribution >= 0.6 is 22.6 Å². The maximum atomic E-state index is 12.0. The number of carbonyl (C=O) groups excluding carboxylic acids is 1. The molecule has 21 heavy (non-hydrogen) atoms. The van der Waals surface area contributed by atoms with E-state index >= 15 is 0 Å². The topological polar surface area (TPSA) is 89.8 Å². The lowest BCUT2D eigenvalue weighted by Crippen LogP contribution is -2.03. The quantitative estimate of drug-likeness (QED) is 0.442. The molecule has 0 saturated heterocycles. The average molecular weight is 395 g/mol. The number of fused-ring (bicyclic) bond motifs is 1. The van der Waals surface area contributed by atoms with E-state index in [0.717, 1.165) is 15.7 Å². The van der Waals surface area contributed by atoms with Crippen molar-refractivity contribution >= 4 is 45.8 Å². The third-order valence-electron chi connectivity index (χ3n) is 3.17. The first-order valence-electron chi connectivity index (χ1n) is 6.03. The number of halogens is 1. The number of nitrogens with one attached hydrogen (secondary N) is 1. The second-order valence-electron chi connectivity index (χ2n) is 4.60. The van der Waals surface area contributed by atoms with E-state index < -0.39 is 0 Å². The summed E-state index contributed by atoms with van der Waals surface area (Å²) in [4.78, 5) is 12.0. The van der Waals surface area contributed by atoms with Gasteiger partial charge in [-0.1, -0.05) is 0 Å². The molecule has 6 heteroatoms.